The van der Waals surface area contributed by atoms with E-state index >= 15 is 0 Å². The molecule has 0 aromatic carbocycles. The molecule has 1 fully saturated rings. The molecule has 0 spiro atoms. The molecule has 1 aliphatic carbocycles. The smallest absolute Gasteiger partial charge is 0.123 e. The molecular formula is C8H11NO. The number of rotatable bonds is 2. The first-order chi connectivity index (χ1) is 4.87. The van der Waals surface area contributed by atoms with Crippen molar-refractivity contribution in [2.24, 2.45) is 0 Å². The van der Waals surface area contributed by atoms with E-state index in [1.807, 2.05) is 19.2 Å². The molecule has 0 aliphatic heterocycles. The first-order valence-electron chi connectivity index (χ1n) is 3.60. The number of nitrogens with one attached hydrogen (secondary N) is 1. The van der Waals surface area contributed by atoms with Crippen LogP contribution in [0.4, 0.5) is 0 Å². The largest absolute Gasteiger partial charge is 0.467 e. The van der Waals surface area contributed by atoms with Gasteiger partial charge in [-0.15, -0.1) is 0 Å². The molecule has 10 heavy (non-hydrogen) atoms. The van der Waals surface area contributed by atoms with Crippen LogP contribution in [0.25, 0.3) is 0 Å². The van der Waals surface area contributed by atoms with Crippen LogP contribution in [0.5, 0.6) is 0 Å². The fourth-order valence-electron chi connectivity index (χ4n) is 1.30. The van der Waals surface area contributed by atoms with Crippen LogP contribution in [-0.4, -0.2) is 7.05 Å². The molecule has 0 atom stereocenters. The molecule has 2 nitrogen and oxygen atoms in total. The highest BCUT2D eigenvalue weighted by Crippen LogP contribution is 2.44. The van der Waals surface area contributed by atoms with E-state index in [-0.39, 0.29) is 5.54 Å². The van der Waals surface area contributed by atoms with Gasteiger partial charge in [0.05, 0.1) is 11.8 Å². The summed E-state index contributed by atoms with van der Waals surface area (Å²) in [5, 5.41) is 3.26. The third kappa shape index (κ3) is 0.688. The first-order valence-corrected chi connectivity index (χ1v) is 3.60. The van der Waals surface area contributed by atoms with Gasteiger partial charge in [-0.1, -0.05) is 0 Å². The third-order valence-corrected chi connectivity index (χ3v) is 2.22. The molecule has 1 saturated carbocycles. The van der Waals surface area contributed by atoms with Crippen molar-refractivity contribution in [1.29, 1.82) is 0 Å². The topological polar surface area (TPSA) is 25.2 Å². The molecule has 0 unspecified atom stereocenters. The van der Waals surface area contributed by atoms with E-state index in [1.54, 1.807) is 6.26 Å². The van der Waals surface area contributed by atoms with E-state index < -0.39 is 0 Å². The second-order valence-corrected chi connectivity index (χ2v) is 2.81. The molecule has 1 aromatic heterocycles. The van der Waals surface area contributed by atoms with E-state index in [0.29, 0.717) is 0 Å². The minimum Gasteiger partial charge on any atom is -0.467 e. The summed E-state index contributed by atoms with van der Waals surface area (Å²) in [5.74, 6) is 1.08. The van der Waals surface area contributed by atoms with Crippen LogP contribution in [0.3, 0.4) is 0 Å². The van der Waals surface area contributed by atoms with Crippen LogP contribution < -0.4 is 5.32 Å². The lowest BCUT2D eigenvalue weighted by atomic mass is 10.2. The second-order valence-electron chi connectivity index (χ2n) is 2.81. The van der Waals surface area contributed by atoms with Crippen LogP contribution >= 0.6 is 0 Å². The van der Waals surface area contributed by atoms with Crippen LogP contribution in [0.2, 0.25) is 0 Å². The zero-order valence-corrected chi connectivity index (χ0v) is 6.05. The second kappa shape index (κ2) is 1.86. The Balaban J connectivity index is 2.27. The number of hydrogen-bond donors (Lipinski definition) is 1. The van der Waals surface area contributed by atoms with Gasteiger partial charge >= 0.3 is 0 Å². The van der Waals surface area contributed by atoms with Gasteiger partial charge in [0.1, 0.15) is 5.76 Å². The van der Waals surface area contributed by atoms with E-state index in [4.69, 9.17) is 4.42 Å². The first kappa shape index (κ1) is 5.98. The quantitative estimate of drug-likeness (QED) is 0.668. The van der Waals surface area contributed by atoms with Gasteiger partial charge in [-0.25, -0.2) is 0 Å². The van der Waals surface area contributed by atoms with Crippen molar-refractivity contribution in [1.82, 2.24) is 5.32 Å². The molecule has 0 radical (unpaired) electrons. The van der Waals surface area contributed by atoms with E-state index in [9.17, 15) is 0 Å². The Labute approximate surface area is 60.2 Å². The fourth-order valence-corrected chi connectivity index (χ4v) is 1.30. The van der Waals surface area contributed by atoms with Crippen molar-refractivity contribution in [3.05, 3.63) is 24.2 Å². The minimum atomic E-state index is 0.198. The Kier molecular flexibility index (Phi) is 1.11. The SMILES string of the molecule is CNC1(c2ccco2)CC1. The lowest BCUT2D eigenvalue weighted by molar-refractivity contribution is 0.418. The molecule has 2 heteroatoms. The fraction of sp³-hybridized carbons (Fsp3) is 0.500. The molecule has 1 heterocycles. The molecule has 2 rings (SSSR count). The monoisotopic (exact) mass is 137 g/mol. The van der Waals surface area contributed by atoms with Crippen LogP contribution in [-0.2, 0) is 5.54 Å². The highest BCUT2D eigenvalue weighted by atomic mass is 16.3. The van der Waals surface area contributed by atoms with Gasteiger partial charge < -0.3 is 9.73 Å². The summed E-state index contributed by atoms with van der Waals surface area (Å²) >= 11 is 0. The van der Waals surface area contributed by atoms with Crippen molar-refractivity contribution in [2.45, 2.75) is 18.4 Å². The van der Waals surface area contributed by atoms with Crippen LogP contribution in [0.15, 0.2) is 22.8 Å². The summed E-state index contributed by atoms with van der Waals surface area (Å²) in [5.41, 5.74) is 0.198. The summed E-state index contributed by atoms with van der Waals surface area (Å²) in [4.78, 5) is 0. The van der Waals surface area contributed by atoms with E-state index in [2.05, 4.69) is 5.32 Å². The van der Waals surface area contributed by atoms with Crippen molar-refractivity contribution in [3.8, 4) is 0 Å². The Hall–Kier alpha value is -0.760. The molecule has 0 amide bonds. The van der Waals surface area contributed by atoms with E-state index in [0.717, 1.165) is 5.76 Å². The molecule has 1 aromatic rings. The van der Waals surface area contributed by atoms with Gasteiger partial charge in [0, 0.05) is 0 Å². The zero-order valence-electron chi connectivity index (χ0n) is 6.05. The Morgan fingerprint density at radius 1 is 1.60 bits per heavy atom. The predicted octanol–water partition coefficient (Wildman–Crippen LogP) is 1.49. The van der Waals surface area contributed by atoms with Gasteiger partial charge in [-0.3, -0.25) is 0 Å². The normalized spacial score (nSPS) is 20.9. The Morgan fingerprint density at radius 3 is 2.80 bits per heavy atom. The maximum Gasteiger partial charge on any atom is 0.123 e. The Morgan fingerprint density at radius 2 is 2.40 bits per heavy atom. The summed E-state index contributed by atoms with van der Waals surface area (Å²) in [6.45, 7) is 0. The van der Waals surface area contributed by atoms with Gasteiger partial charge in [0.2, 0.25) is 0 Å². The Bertz CT molecular complexity index is 211. The average molecular weight is 137 g/mol. The standard InChI is InChI=1S/C8H11NO/c1-9-8(4-5-8)7-3-2-6-10-7/h2-3,6,9H,4-5H2,1H3. The number of furan rings is 1. The van der Waals surface area contributed by atoms with Crippen molar-refractivity contribution in [2.75, 3.05) is 7.05 Å². The highest BCUT2D eigenvalue weighted by molar-refractivity contribution is 5.19. The predicted molar refractivity (Wildman–Crippen MR) is 38.7 cm³/mol. The van der Waals surface area contributed by atoms with E-state index in [1.165, 1.54) is 12.8 Å². The zero-order chi connectivity index (χ0) is 7.03. The highest BCUT2D eigenvalue weighted by Gasteiger charge is 2.45. The maximum atomic E-state index is 5.29. The third-order valence-electron chi connectivity index (χ3n) is 2.22. The summed E-state index contributed by atoms with van der Waals surface area (Å²) in [6, 6.07) is 3.97. The van der Waals surface area contributed by atoms with Gasteiger partial charge in [0.25, 0.3) is 0 Å². The van der Waals surface area contributed by atoms with Crippen molar-refractivity contribution < 1.29 is 4.42 Å². The number of hydrogen-bond acceptors (Lipinski definition) is 2. The summed E-state index contributed by atoms with van der Waals surface area (Å²) < 4.78 is 5.29. The molecular weight excluding hydrogens is 126 g/mol. The van der Waals surface area contributed by atoms with Gasteiger partial charge in [0.15, 0.2) is 0 Å². The average Bonchev–Trinajstić information content (AvgIpc) is 2.58. The molecule has 1 aliphatic rings. The van der Waals surface area contributed by atoms with Crippen LogP contribution in [0.1, 0.15) is 18.6 Å². The summed E-state index contributed by atoms with van der Waals surface area (Å²) in [6.07, 6.45) is 4.14. The molecule has 54 valence electrons. The van der Waals surface area contributed by atoms with Crippen LogP contribution in [0, 0.1) is 0 Å². The molecule has 1 N–H and O–H groups in total. The van der Waals surface area contributed by atoms with Crippen molar-refractivity contribution >= 4 is 0 Å². The van der Waals surface area contributed by atoms with Gasteiger partial charge in [-0.2, -0.15) is 0 Å². The van der Waals surface area contributed by atoms with Gasteiger partial charge in [-0.05, 0) is 32.0 Å². The molecule has 0 saturated heterocycles. The molecule has 0 bridgehead atoms. The lowest BCUT2D eigenvalue weighted by Crippen LogP contribution is -2.23. The van der Waals surface area contributed by atoms with Crippen molar-refractivity contribution in [3.63, 3.8) is 0 Å². The minimum absolute atomic E-state index is 0.198. The lowest BCUT2D eigenvalue weighted by Gasteiger charge is -2.08. The summed E-state index contributed by atoms with van der Waals surface area (Å²) in [7, 11) is 1.98. The maximum absolute atomic E-state index is 5.29.